The Balaban J connectivity index is 2.18. The van der Waals surface area contributed by atoms with Crippen LogP contribution in [0.1, 0.15) is 24.9 Å². The number of phenolic OH excluding ortho intramolecular Hbond substituents is 2. The third kappa shape index (κ3) is 2.26. The molecular formula is C13H17NO4. The van der Waals surface area contributed by atoms with Crippen LogP contribution in [0.15, 0.2) is 18.2 Å². The average molecular weight is 251 g/mol. The molecule has 1 aromatic carbocycles. The van der Waals surface area contributed by atoms with Crippen LogP contribution in [0.3, 0.4) is 0 Å². The summed E-state index contributed by atoms with van der Waals surface area (Å²) in [6, 6.07) is 4.42. The van der Waals surface area contributed by atoms with Crippen molar-refractivity contribution in [2.75, 3.05) is 13.1 Å². The van der Waals surface area contributed by atoms with Gasteiger partial charge in [0.15, 0.2) is 0 Å². The first-order chi connectivity index (χ1) is 8.50. The molecule has 0 amide bonds. The van der Waals surface area contributed by atoms with E-state index >= 15 is 0 Å². The lowest BCUT2D eigenvalue weighted by Gasteiger charge is -2.25. The molecule has 1 fully saturated rings. The fourth-order valence-corrected chi connectivity index (χ4v) is 2.49. The molecule has 1 aliphatic heterocycles. The van der Waals surface area contributed by atoms with E-state index in [1.54, 1.807) is 6.07 Å². The van der Waals surface area contributed by atoms with E-state index in [4.69, 9.17) is 5.11 Å². The fourth-order valence-electron chi connectivity index (χ4n) is 2.49. The van der Waals surface area contributed by atoms with Crippen LogP contribution in [-0.4, -0.2) is 39.3 Å². The minimum absolute atomic E-state index is 0.0428. The van der Waals surface area contributed by atoms with Gasteiger partial charge in [0.05, 0.1) is 11.5 Å². The Labute approximate surface area is 105 Å². The predicted molar refractivity (Wildman–Crippen MR) is 65.5 cm³/mol. The second-order valence-corrected chi connectivity index (χ2v) is 4.70. The van der Waals surface area contributed by atoms with Gasteiger partial charge in [-0.25, -0.2) is 0 Å². The topological polar surface area (TPSA) is 81.0 Å². The summed E-state index contributed by atoms with van der Waals surface area (Å²) in [5.41, 5.74) is 0.462. The van der Waals surface area contributed by atoms with Gasteiger partial charge >= 0.3 is 5.97 Å². The SMILES string of the molecule is CC(c1c(O)cccc1O)N1CCC(C(=O)O)C1. The Morgan fingerprint density at radius 1 is 1.39 bits per heavy atom. The summed E-state index contributed by atoms with van der Waals surface area (Å²) in [6.07, 6.45) is 0.605. The normalized spacial score (nSPS) is 21.9. The molecular weight excluding hydrogens is 234 g/mol. The van der Waals surface area contributed by atoms with Gasteiger partial charge in [0.2, 0.25) is 0 Å². The molecule has 0 bridgehead atoms. The highest BCUT2D eigenvalue weighted by Gasteiger charge is 2.32. The zero-order valence-corrected chi connectivity index (χ0v) is 10.2. The van der Waals surface area contributed by atoms with Gasteiger partial charge in [0.1, 0.15) is 11.5 Å². The molecule has 0 spiro atoms. The first kappa shape index (κ1) is 12.7. The number of likely N-dealkylation sites (tertiary alicyclic amines) is 1. The molecule has 18 heavy (non-hydrogen) atoms. The highest BCUT2D eigenvalue weighted by Crippen LogP contribution is 2.37. The third-order valence-corrected chi connectivity index (χ3v) is 3.59. The lowest BCUT2D eigenvalue weighted by molar-refractivity contribution is -0.141. The summed E-state index contributed by atoms with van der Waals surface area (Å²) in [5, 5.41) is 28.6. The summed E-state index contributed by atoms with van der Waals surface area (Å²) in [6.45, 7) is 2.97. The maximum Gasteiger partial charge on any atom is 0.307 e. The van der Waals surface area contributed by atoms with Crippen LogP contribution in [0.5, 0.6) is 11.5 Å². The predicted octanol–water partition coefficient (Wildman–Crippen LogP) is 1.57. The van der Waals surface area contributed by atoms with Gasteiger partial charge in [0.25, 0.3) is 0 Å². The van der Waals surface area contributed by atoms with Crippen LogP contribution < -0.4 is 0 Å². The molecule has 2 unspecified atom stereocenters. The first-order valence-corrected chi connectivity index (χ1v) is 5.98. The van der Waals surface area contributed by atoms with Crippen LogP contribution in [-0.2, 0) is 4.79 Å². The molecule has 1 aromatic rings. The van der Waals surface area contributed by atoms with Gasteiger partial charge < -0.3 is 15.3 Å². The largest absolute Gasteiger partial charge is 0.507 e. The van der Waals surface area contributed by atoms with Gasteiger partial charge in [-0.2, -0.15) is 0 Å². The summed E-state index contributed by atoms with van der Waals surface area (Å²) in [7, 11) is 0. The summed E-state index contributed by atoms with van der Waals surface area (Å²) < 4.78 is 0. The minimum Gasteiger partial charge on any atom is -0.507 e. The lowest BCUT2D eigenvalue weighted by Crippen LogP contribution is -2.26. The summed E-state index contributed by atoms with van der Waals surface area (Å²) in [4.78, 5) is 12.9. The average Bonchev–Trinajstić information content (AvgIpc) is 2.77. The first-order valence-electron chi connectivity index (χ1n) is 5.98. The van der Waals surface area contributed by atoms with E-state index in [1.807, 2.05) is 11.8 Å². The van der Waals surface area contributed by atoms with Crippen LogP contribution in [0.25, 0.3) is 0 Å². The number of carboxylic acids is 1. The van der Waals surface area contributed by atoms with Crippen LogP contribution in [0.4, 0.5) is 0 Å². The number of phenols is 2. The van der Waals surface area contributed by atoms with Crippen molar-refractivity contribution in [2.24, 2.45) is 5.92 Å². The van der Waals surface area contributed by atoms with Crippen LogP contribution in [0.2, 0.25) is 0 Å². The molecule has 0 saturated carbocycles. The molecule has 5 nitrogen and oxygen atoms in total. The Hall–Kier alpha value is -1.75. The smallest absolute Gasteiger partial charge is 0.307 e. The van der Waals surface area contributed by atoms with Gasteiger partial charge in [-0.05, 0) is 32.0 Å². The van der Waals surface area contributed by atoms with Crippen molar-refractivity contribution in [3.63, 3.8) is 0 Å². The molecule has 1 aliphatic rings. The van der Waals surface area contributed by atoms with Crippen LogP contribution >= 0.6 is 0 Å². The number of hydrogen-bond acceptors (Lipinski definition) is 4. The van der Waals surface area contributed by atoms with E-state index in [0.717, 1.165) is 0 Å². The molecule has 1 heterocycles. The third-order valence-electron chi connectivity index (χ3n) is 3.59. The molecule has 3 N–H and O–H groups in total. The van der Waals surface area contributed by atoms with Gasteiger partial charge in [-0.15, -0.1) is 0 Å². The minimum atomic E-state index is -0.786. The number of benzene rings is 1. The summed E-state index contributed by atoms with van der Waals surface area (Å²) in [5.74, 6) is -1.06. The molecule has 1 saturated heterocycles. The Kier molecular flexibility index (Phi) is 3.43. The van der Waals surface area contributed by atoms with Crippen molar-refractivity contribution in [1.82, 2.24) is 4.90 Å². The maximum atomic E-state index is 10.9. The molecule has 0 aromatic heterocycles. The second-order valence-electron chi connectivity index (χ2n) is 4.70. The molecule has 2 atom stereocenters. The van der Waals surface area contributed by atoms with Gasteiger partial charge in [-0.1, -0.05) is 6.07 Å². The number of rotatable bonds is 3. The van der Waals surface area contributed by atoms with Crippen molar-refractivity contribution < 1.29 is 20.1 Å². The monoisotopic (exact) mass is 251 g/mol. The van der Waals surface area contributed by atoms with E-state index in [0.29, 0.717) is 25.1 Å². The van der Waals surface area contributed by atoms with Crippen molar-refractivity contribution in [3.8, 4) is 11.5 Å². The van der Waals surface area contributed by atoms with E-state index < -0.39 is 5.97 Å². The Morgan fingerprint density at radius 3 is 2.50 bits per heavy atom. The van der Waals surface area contributed by atoms with Gasteiger partial charge in [0, 0.05) is 12.6 Å². The van der Waals surface area contributed by atoms with E-state index in [2.05, 4.69) is 0 Å². The molecule has 0 radical (unpaired) electrons. The number of aliphatic carboxylic acids is 1. The van der Waals surface area contributed by atoms with Crippen molar-refractivity contribution in [2.45, 2.75) is 19.4 Å². The highest BCUT2D eigenvalue weighted by molar-refractivity contribution is 5.70. The van der Waals surface area contributed by atoms with E-state index in [1.165, 1.54) is 12.1 Å². The van der Waals surface area contributed by atoms with Crippen molar-refractivity contribution >= 4 is 5.97 Å². The zero-order chi connectivity index (χ0) is 13.3. The van der Waals surface area contributed by atoms with Crippen LogP contribution in [0, 0.1) is 5.92 Å². The molecule has 2 rings (SSSR count). The standard InChI is InChI=1S/C13H17NO4/c1-8(12-10(15)3-2-4-11(12)16)14-6-5-9(7-14)13(17)18/h2-4,8-9,15-16H,5-7H2,1H3,(H,17,18). The van der Waals surface area contributed by atoms with Crippen molar-refractivity contribution in [1.29, 1.82) is 0 Å². The zero-order valence-electron chi connectivity index (χ0n) is 10.2. The van der Waals surface area contributed by atoms with Gasteiger partial charge in [-0.3, -0.25) is 9.69 Å². The van der Waals surface area contributed by atoms with E-state index in [-0.39, 0.29) is 23.5 Å². The number of aromatic hydroxyl groups is 2. The number of carbonyl (C=O) groups is 1. The Morgan fingerprint density at radius 2 is 2.00 bits per heavy atom. The molecule has 0 aliphatic carbocycles. The molecule has 98 valence electrons. The summed E-state index contributed by atoms with van der Waals surface area (Å²) >= 11 is 0. The quantitative estimate of drug-likeness (QED) is 0.759. The number of nitrogens with zero attached hydrogens (tertiary/aromatic N) is 1. The lowest BCUT2D eigenvalue weighted by atomic mass is 10.0. The maximum absolute atomic E-state index is 10.9. The number of hydrogen-bond donors (Lipinski definition) is 3. The van der Waals surface area contributed by atoms with Crippen molar-refractivity contribution in [3.05, 3.63) is 23.8 Å². The number of carboxylic acid groups (broad SMARTS) is 1. The highest BCUT2D eigenvalue weighted by atomic mass is 16.4. The fraction of sp³-hybridized carbons (Fsp3) is 0.462. The second kappa shape index (κ2) is 4.86. The molecule has 5 heteroatoms. The Bertz CT molecular complexity index is 440. The van der Waals surface area contributed by atoms with E-state index in [9.17, 15) is 15.0 Å².